The molecular formula is C21H19F3N4O. The van der Waals surface area contributed by atoms with Gasteiger partial charge in [-0.15, -0.1) is 0 Å². The minimum Gasteiger partial charge on any atom is -0.355 e. The van der Waals surface area contributed by atoms with Crippen LogP contribution < -0.4 is 10.6 Å². The molecule has 0 spiro atoms. The summed E-state index contributed by atoms with van der Waals surface area (Å²) in [6, 6.07) is 14.4. The van der Waals surface area contributed by atoms with E-state index in [2.05, 4.69) is 15.6 Å². The lowest BCUT2D eigenvalue weighted by Crippen LogP contribution is -2.46. The third-order valence-electron chi connectivity index (χ3n) is 4.82. The lowest BCUT2D eigenvalue weighted by Gasteiger charge is -2.27. The number of nitrogens with one attached hydrogen (secondary N) is 2. The maximum atomic E-state index is 13.2. The molecule has 1 aliphatic rings. The van der Waals surface area contributed by atoms with E-state index >= 15 is 0 Å². The number of para-hydroxylation sites is 1. The van der Waals surface area contributed by atoms with Gasteiger partial charge in [0.25, 0.3) is 5.91 Å². The highest BCUT2D eigenvalue weighted by Gasteiger charge is 2.33. The normalized spacial score (nSPS) is 14.8. The Labute approximate surface area is 165 Å². The van der Waals surface area contributed by atoms with Crippen molar-refractivity contribution < 1.29 is 18.0 Å². The Bertz CT molecular complexity index is 1030. The van der Waals surface area contributed by atoms with Gasteiger partial charge in [-0.3, -0.25) is 4.79 Å². The fourth-order valence-electron chi connectivity index (χ4n) is 3.33. The van der Waals surface area contributed by atoms with Crippen LogP contribution in [0.5, 0.6) is 0 Å². The minimum atomic E-state index is -4.54. The summed E-state index contributed by atoms with van der Waals surface area (Å²) in [6.45, 7) is 2.84. The second-order valence-corrected chi connectivity index (χ2v) is 6.81. The standard InChI is InChI=1S/C21H19F3N4O/c22-21(23,24)19-13-18(16-3-1-2-4-17(16)27-19)26-15-7-5-14(6-8-15)20(29)28-11-9-25-10-12-28/h1-8,13,25H,9-12H2,(H,26,27). The number of rotatable bonds is 3. The molecule has 1 aromatic heterocycles. The molecule has 0 radical (unpaired) electrons. The van der Waals surface area contributed by atoms with Gasteiger partial charge >= 0.3 is 6.18 Å². The number of halogens is 3. The molecule has 0 atom stereocenters. The molecule has 4 rings (SSSR count). The minimum absolute atomic E-state index is 0.0493. The van der Waals surface area contributed by atoms with Gasteiger partial charge in [0.1, 0.15) is 5.69 Å². The zero-order chi connectivity index (χ0) is 20.4. The number of alkyl halides is 3. The summed E-state index contributed by atoms with van der Waals surface area (Å²) in [4.78, 5) is 18.0. The SMILES string of the molecule is O=C(c1ccc(Nc2cc(C(F)(F)F)nc3ccccc23)cc1)N1CCNCC1. The molecule has 3 aromatic rings. The number of piperazine rings is 1. The first-order valence-electron chi connectivity index (χ1n) is 9.26. The van der Waals surface area contributed by atoms with Crippen molar-refractivity contribution in [3.05, 3.63) is 65.9 Å². The number of carbonyl (C=O) groups excluding carboxylic acids is 1. The zero-order valence-electron chi connectivity index (χ0n) is 15.5. The van der Waals surface area contributed by atoms with Crippen LogP contribution in [0.15, 0.2) is 54.6 Å². The molecule has 1 aliphatic heterocycles. The largest absolute Gasteiger partial charge is 0.433 e. The fourth-order valence-corrected chi connectivity index (χ4v) is 3.33. The van der Waals surface area contributed by atoms with Crippen LogP contribution in [0.4, 0.5) is 24.5 Å². The number of amides is 1. The number of benzene rings is 2. The molecule has 0 bridgehead atoms. The lowest BCUT2D eigenvalue weighted by molar-refractivity contribution is -0.140. The van der Waals surface area contributed by atoms with Crippen LogP contribution in [0.25, 0.3) is 10.9 Å². The fraction of sp³-hybridized carbons (Fsp3) is 0.238. The van der Waals surface area contributed by atoms with E-state index in [1.165, 1.54) is 0 Å². The van der Waals surface area contributed by atoms with Crippen molar-refractivity contribution in [2.45, 2.75) is 6.18 Å². The number of nitrogens with zero attached hydrogens (tertiary/aromatic N) is 2. The second kappa shape index (κ2) is 7.71. The van der Waals surface area contributed by atoms with Crippen molar-refractivity contribution in [1.29, 1.82) is 0 Å². The maximum Gasteiger partial charge on any atom is 0.433 e. The number of pyridine rings is 1. The van der Waals surface area contributed by atoms with Crippen molar-refractivity contribution >= 4 is 28.2 Å². The molecule has 29 heavy (non-hydrogen) atoms. The van der Waals surface area contributed by atoms with Gasteiger partial charge < -0.3 is 15.5 Å². The topological polar surface area (TPSA) is 57.3 Å². The quantitative estimate of drug-likeness (QED) is 0.697. The highest BCUT2D eigenvalue weighted by molar-refractivity contribution is 5.96. The van der Waals surface area contributed by atoms with E-state index in [9.17, 15) is 18.0 Å². The summed E-state index contributed by atoms with van der Waals surface area (Å²) in [5.74, 6) is -0.0493. The molecule has 2 N–H and O–H groups in total. The number of fused-ring (bicyclic) bond motifs is 1. The molecule has 1 fully saturated rings. The Morgan fingerprint density at radius 1 is 1.03 bits per heavy atom. The summed E-state index contributed by atoms with van der Waals surface area (Å²) < 4.78 is 39.6. The summed E-state index contributed by atoms with van der Waals surface area (Å²) in [7, 11) is 0. The zero-order valence-corrected chi connectivity index (χ0v) is 15.5. The van der Waals surface area contributed by atoms with E-state index in [0.717, 1.165) is 19.2 Å². The Morgan fingerprint density at radius 2 is 1.72 bits per heavy atom. The number of anilines is 2. The first kappa shape index (κ1) is 19.2. The Balaban J connectivity index is 1.60. The molecule has 2 aromatic carbocycles. The Hall–Kier alpha value is -3.13. The number of carbonyl (C=O) groups is 1. The smallest absolute Gasteiger partial charge is 0.355 e. The third-order valence-corrected chi connectivity index (χ3v) is 4.82. The van der Waals surface area contributed by atoms with Crippen molar-refractivity contribution in [1.82, 2.24) is 15.2 Å². The van der Waals surface area contributed by atoms with Gasteiger partial charge in [-0.2, -0.15) is 13.2 Å². The average Bonchev–Trinajstić information content (AvgIpc) is 2.74. The van der Waals surface area contributed by atoms with E-state index in [0.29, 0.717) is 35.4 Å². The average molecular weight is 400 g/mol. The van der Waals surface area contributed by atoms with Crippen LogP contribution in [0.2, 0.25) is 0 Å². The highest BCUT2D eigenvalue weighted by Crippen LogP contribution is 2.34. The van der Waals surface area contributed by atoms with Crippen molar-refractivity contribution in [2.24, 2.45) is 0 Å². The van der Waals surface area contributed by atoms with Gasteiger partial charge in [0, 0.05) is 42.8 Å². The maximum absolute atomic E-state index is 13.2. The van der Waals surface area contributed by atoms with Crippen molar-refractivity contribution in [3.63, 3.8) is 0 Å². The molecular weight excluding hydrogens is 381 g/mol. The molecule has 0 saturated carbocycles. The van der Waals surface area contributed by atoms with E-state index in [1.807, 2.05) is 0 Å². The first-order chi connectivity index (χ1) is 13.9. The predicted molar refractivity (Wildman–Crippen MR) is 105 cm³/mol. The van der Waals surface area contributed by atoms with E-state index in [-0.39, 0.29) is 11.4 Å². The van der Waals surface area contributed by atoms with E-state index in [1.54, 1.807) is 53.4 Å². The van der Waals surface area contributed by atoms with Crippen LogP contribution in [0.3, 0.4) is 0 Å². The number of aromatic nitrogens is 1. The summed E-state index contributed by atoms with van der Waals surface area (Å²) in [5, 5.41) is 6.81. The Morgan fingerprint density at radius 3 is 2.41 bits per heavy atom. The van der Waals surface area contributed by atoms with Gasteiger partial charge in [-0.05, 0) is 36.4 Å². The number of hydrogen-bond acceptors (Lipinski definition) is 4. The highest BCUT2D eigenvalue weighted by atomic mass is 19.4. The van der Waals surface area contributed by atoms with Crippen molar-refractivity contribution in [2.75, 3.05) is 31.5 Å². The third kappa shape index (κ3) is 4.17. The first-order valence-corrected chi connectivity index (χ1v) is 9.26. The lowest BCUT2D eigenvalue weighted by atomic mass is 10.1. The van der Waals surface area contributed by atoms with Gasteiger partial charge in [0.15, 0.2) is 0 Å². The Kier molecular flexibility index (Phi) is 5.10. The van der Waals surface area contributed by atoms with Gasteiger partial charge in [0.05, 0.1) is 11.2 Å². The summed E-state index contributed by atoms with van der Waals surface area (Å²) in [5.41, 5.74) is 0.753. The van der Waals surface area contributed by atoms with E-state index < -0.39 is 11.9 Å². The van der Waals surface area contributed by atoms with Crippen molar-refractivity contribution in [3.8, 4) is 0 Å². The monoisotopic (exact) mass is 400 g/mol. The van der Waals surface area contributed by atoms with Gasteiger partial charge in [-0.25, -0.2) is 4.98 Å². The predicted octanol–water partition coefficient (Wildman–Crippen LogP) is 4.04. The molecule has 8 heteroatoms. The van der Waals surface area contributed by atoms with E-state index in [4.69, 9.17) is 0 Å². The van der Waals surface area contributed by atoms with Crippen LogP contribution in [-0.2, 0) is 6.18 Å². The molecule has 0 aliphatic carbocycles. The molecule has 1 amide bonds. The van der Waals surface area contributed by atoms with Crippen LogP contribution in [0.1, 0.15) is 16.1 Å². The van der Waals surface area contributed by atoms with Crippen LogP contribution >= 0.6 is 0 Å². The van der Waals surface area contributed by atoms with Gasteiger partial charge in [-0.1, -0.05) is 18.2 Å². The molecule has 1 saturated heterocycles. The van der Waals surface area contributed by atoms with Gasteiger partial charge in [0.2, 0.25) is 0 Å². The summed E-state index contributed by atoms with van der Waals surface area (Å²) >= 11 is 0. The van der Waals surface area contributed by atoms with Crippen LogP contribution in [-0.4, -0.2) is 42.0 Å². The number of hydrogen-bond donors (Lipinski definition) is 2. The molecule has 150 valence electrons. The molecule has 5 nitrogen and oxygen atoms in total. The van der Waals surface area contributed by atoms with Crippen LogP contribution in [0, 0.1) is 0 Å². The summed E-state index contributed by atoms with van der Waals surface area (Å²) in [6.07, 6.45) is -4.54. The molecule has 2 heterocycles. The molecule has 0 unspecified atom stereocenters. The second-order valence-electron chi connectivity index (χ2n) is 6.81.